The summed E-state index contributed by atoms with van der Waals surface area (Å²) in [5.74, 6) is 0. The molecule has 0 unspecified atom stereocenters. The Morgan fingerprint density at radius 2 is 1.07 bits per heavy atom. The van der Waals surface area contributed by atoms with E-state index in [1.54, 1.807) is 0 Å². The molecular weight excluding hydrogens is 329 g/mol. The third-order valence-corrected chi connectivity index (χ3v) is 1.22. The molecular formula is C4H6O8P2Zr. The Morgan fingerprint density at radius 1 is 0.867 bits per heavy atom. The molecule has 0 aromatic carbocycles. The average Bonchev–Trinajstić information content (AvgIpc) is 1.81. The van der Waals surface area contributed by atoms with Crippen molar-refractivity contribution >= 4 is 15.6 Å². The Labute approximate surface area is 105 Å². The molecule has 84 valence electrons. The number of rotatable bonds is 4. The van der Waals surface area contributed by atoms with Gasteiger partial charge in [0.05, 0.1) is 12.5 Å². The minimum Gasteiger partial charge on any atom is -0.780 e. The zero-order valence-corrected chi connectivity index (χ0v) is 11.5. The van der Waals surface area contributed by atoms with Gasteiger partial charge in [-0.25, -0.2) is 0 Å². The van der Waals surface area contributed by atoms with Crippen LogP contribution in [0, 0.1) is 0 Å². The maximum atomic E-state index is 9.41. The van der Waals surface area contributed by atoms with Crippen molar-refractivity contribution in [2.45, 2.75) is 0 Å². The van der Waals surface area contributed by atoms with Crippen molar-refractivity contribution < 1.29 is 64.0 Å². The minimum absolute atomic E-state index is 0. The second kappa shape index (κ2) is 9.49. The predicted octanol–water partition coefficient (Wildman–Crippen LogP) is -2.05. The van der Waals surface area contributed by atoms with Crippen molar-refractivity contribution in [1.29, 1.82) is 0 Å². The Balaban J connectivity index is -0.000000180. The Bertz CT molecular complexity index is 238. The van der Waals surface area contributed by atoms with Crippen molar-refractivity contribution in [3.05, 3.63) is 25.7 Å². The van der Waals surface area contributed by atoms with Gasteiger partial charge >= 0.3 is 26.2 Å². The summed E-state index contributed by atoms with van der Waals surface area (Å²) in [6, 6.07) is 0. The zero-order chi connectivity index (χ0) is 11.8. The van der Waals surface area contributed by atoms with E-state index in [-0.39, 0.29) is 26.2 Å². The van der Waals surface area contributed by atoms with Gasteiger partial charge in [-0.2, -0.15) is 0 Å². The fourth-order valence-corrected chi connectivity index (χ4v) is 0.548. The summed E-state index contributed by atoms with van der Waals surface area (Å²) in [6.45, 7) is 5.70. The number of phosphoric ester groups is 2. The van der Waals surface area contributed by atoms with Gasteiger partial charge in [0.1, 0.15) is 15.6 Å². The molecule has 0 aliphatic carbocycles. The van der Waals surface area contributed by atoms with E-state index in [1.165, 1.54) is 0 Å². The molecule has 0 bridgehead atoms. The molecule has 15 heavy (non-hydrogen) atoms. The van der Waals surface area contributed by atoms with Crippen LogP contribution in [-0.2, 0) is 44.4 Å². The van der Waals surface area contributed by atoms with Gasteiger partial charge in [0.25, 0.3) is 0 Å². The zero-order valence-electron chi connectivity index (χ0n) is 7.23. The van der Waals surface area contributed by atoms with Crippen LogP contribution in [0.2, 0.25) is 0 Å². The van der Waals surface area contributed by atoms with E-state index in [0.29, 0.717) is 12.5 Å². The maximum Gasteiger partial charge on any atom is 4.00 e. The number of hydrogen-bond acceptors (Lipinski definition) is 8. The van der Waals surface area contributed by atoms with Gasteiger partial charge in [-0.1, -0.05) is 13.2 Å². The molecule has 0 saturated carbocycles. The Morgan fingerprint density at radius 3 is 1.07 bits per heavy atom. The molecule has 0 heterocycles. The molecule has 0 radical (unpaired) electrons. The van der Waals surface area contributed by atoms with Gasteiger partial charge in [-0.3, -0.25) is 0 Å². The van der Waals surface area contributed by atoms with Crippen LogP contribution in [0.5, 0.6) is 0 Å². The molecule has 0 amide bonds. The van der Waals surface area contributed by atoms with Gasteiger partial charge in [-0.05, 0) is 0 Å². The second-order valence-electron chi connectivity index (χ2n) is 1.44. The first-order chi connectivity index (χ1) is 6.12. The topological polar surface area (TPSA) is 145 Å². The van der Waals surface area contributed by atoms with E-state index in [0.717, 1.165) is 0 Å². The van der Waals surface area contributed by atoms with Gasteiger partial charge in [0.2, 0.25) is 0 Å². The molecule has 0 rings (SSSR count). The van der Waals surface area contributed by atoms with Crippen molar-refractivity contribution in [1.82, 2.24) is 0 Å². The molecule has 0 fully saturated rings. The maximum absolute atomic E-state index is 9.41. The predicted molar refractivity (Wildman–Crippen MR) is 37.8 cm³/mol. The minimum atomic E-state index is -4.78. The third-order valence-electron chi connectivity index (χ3n) is 0.407. The smallest absolute Gasteiger partial charge is 0.780 e. The van der Waals surface area contributed by atoms with Crippen LogP contribution < -0.4 is 19.6 Å². The molecule has 0 saturated heterocycles. The van der Waals surface area contributed by atoms with E-state index < -0.39 is 15.6 Å². The number of hydrogen-bond donors (Lipinski definition) is 0. The molecule has 0 N–H and O–H groups in total. The van der Waals surface area contributed by atoms with Crippen LogP contribution in [0.4, 0.5) is 0 Å². The first-order valence-corrected chi connectivity index (χ1v) is 5.67. The first kappa shape index (κ1) is 20.6. The molecule has 8 nitrogen and oxygen atoms in total. The van der Waals surface area contributed by atoms with Gasteiger partial charge in [0, 0.05) is 0 Å². The van der Waals surface area contributed by atoms with Crippen LogP contribution in [0.25, 0.3) is 0 Å². The molecule has 0 aliphatic rings. The number of phosphoric acid groups is 2. The summed E-state index contributed by atoms with van der Waals surface area (Å²) in [4.78, 5) is 37.6. The summed E-state index contributed by atoms with van der Waals surface area (Å²) in [5.41, 5.74) is 0. The fourth-order valence-electron chi connectivity index (χ4n) is 0.183. The van der Waals surface area contributed by atoms with Crippen LogP contribution in [-0.4, -0.2) is 0 Å². The third kappa shape index (κ3) is 31.4. The molecule has 0 aromatic heterocycles. The molecule has 0 atom stereocenters. The summed E-state index contributed by atoms with van der Waals surface area (Å²) in [7, 11) is -9.57. The van der Waals surface area contributed by atoms with Crippen molar-refractivity contribution in [2.75, 3.05) is 0 Å². The van der Waals surface area contributed by atoms with Gasteiger partial charge in [-0.15, -0.1) is 0 Å². The average molecular weight is 335 g/mol. The molecule has 0 spiro atoms. The monoisotopic (exact) mass is 334 g/mol. The van der Waals surface area contributed by atoms with Crippen molar-refractivity contribution in [3.8, 4) is 0 Å². The Kier molecular flexibility index (Phi) is 13.1. The summed E-state index contributed by atoms with van der Waals surface area (Å²) in [6.07, 6.45) is 1.14. The van der Waals surface area contributed by atoms with Crippen molar-refractivity contribution in [2.24, 2.45) is 0 Å². The standard InChI is InChI=1S/2C2H5O4P.Zr/c2*1-2-6-7(3,4)5;/h2*2H,1H2,(H2,3,4,5);/q;;+4/p-4. The largest absolute Gasteiger partial charge is 4.00 e. The molecule has 0 aliphatic heterocycles. The van der Waals surface area contributed by atoms with Gasteiger partial charge in [0.15, 0.2) is 0 Å². The SMILES string of the molecule is C=COP(=O)([O-])[O-].C=COP(=O)([O-])[O-].[Zr+4]. The second-order valence-corrected chi connectivity index (χ2v) is 3.65. The van der Waals surface area contributed by atoms with E-state index in [4.69, 9.17) is 0 Å². The Hall–Kier alpha value is 0.263. The molecule has 0 aromatic rings. The van der Waals surface area contributed by atoms with Crippen LogP contribution in [0.3, 0.4) is 0 Å². The van der Waals surface area contributed by atoms with E-state index in [1.807, 2.05) is 0 Å². The normalized spacial score (nSPS) is 9.87. The van der Waals surface area contributed by atoms with E-state index in [2.05, 4.69) is 22.2 Å². The first-order valence-electron chi connectivity index (χ1n) is 2.75. The summed E-state index contributed by atoms with van der Waals surface area (Å²) in [5, 5.41) is 0. The van der Waals surface area contributed by atoms with Crippen LogP contribution in [0.1, 0.15) is 0 Å². The van der Waals surface area contributed by atoms with Crippen LogP contribution in [0.15, 0.2) is 25.7 Å². The fraction of sp³-hybridized carbons (Fsp3) is 0. The quantitative estimate of drug-likeness (QED) is 0.421. The van der Waals surface area contributed by atoms with E-state index in [9.17, 15) is 28.7 Å². The summed E-state index contributed by atoms with van der Waals surface area (Å²) < 4.78 is 25.7. The van der Waals surface area contributed by atoms with Crippen molar-refractivity contribution in [3.63, 3.8) is 0 Å². The molecule has 11 heteroatoms. The summed E-state index contributed by atoms with van der Waals surface area (Å²) >= 11 is 0. The van der Waals surface area contributed by atoms with Gasteiger partial charge < -0.3 is 37.8 Å². The van der Waals surface area contributed by atoms with E-state index >= 15 is 0 Å². The van der Waals surface area contributed by atoms with Crippen LogP contribution >= 0.6 is 15.6 Å².